The molecule has 2 aromatic carbocycles. The van der Waals surface area contributed by atoms with Crippen LogP contribution in [0, 0.1) is 18.6 Å². The van der Waals surface area contributed by atoms with E-state index in [-0.39, 0.29) is 5.56 Å². The van der Waals surface area contributed by atoms with E-state index in [9.17, 15) is 8.78 Å². The summed E-state index contributed by atoms with van der Waals surface area (Å²) in [7, 11) is 0. The van der Waals surface area contributed by atoms with E-state index in [1.807, 2.05) is 6.92 Å². The normalized spacial score (nSPS) is 12.5. The molecule has 1 atom stereocenters. The third kappa shape index (κ3) is 2.73. The van der Waals surface area contributed by atoms with Crippen molar-refractivity contribution in [3.8, 4) is 0 Å². The van der Waals surface area contributed by atoms with Gasteiger partial charge in [-0.15, -0.1) is 0 Å². The third-order valence-corrected chi connectivity index (χ3v) is 3.96. The van der Waals surface area contributed by atoms with Gasteiger partial charge in [-0.25, -0.2) is 8.78 Å². The quantitative estimate of drug-likeness (QED) is 0.645. The zero-order valence-corrected chi connectivity index (χ0v) is 11.9. The summed E-state index contributed by atoms with van der Waals surface area (Å²) in [5.41, 5.74) is 2.07. The van der Waals surface area contributed by atoms with Crippen LogP contribution in [0.3, 0.4) is 0 Å². The van der Waals surface area contributed by atoms with Gasteiger partial charge in [-0.05, 0) is 48.4 Å². The van der Waals surface area contributed by atoms with Gasteiger partial charge in [0.15, 0.2) is 0 Å². The first-order valence-corrected chi connectivity index (χ1v) is 6.63. The van der Waals surface area contributed by atoms with Crippen molar-refractivity contribution < 1.29 is 8.78 Å². The number of rotatable bonds is 2. The van der Waals surface area contributed by atoms with Crippen LogP contribution in [0.25, 0.3) is 0 Å². The molecule has 0 nitrogen and oxygen atoms in total. The number of alkyl halides is 1. The van der Waals surface area contributed by atoms with Gasteiger partial charge < -0.3 is 0 Å². The number of hydrogen-bond acceptors (Lipinski definition) is 0. The van der Waals surface area contributed by atoms with E-state index in [1.165, 1.54) is 6.07 Å². The fourth-order valence-corrected chi connectivity index (χ4v) is 2.89. The summed E-state index contributed by atoms with van der Waals surface area (Å²) in [5.74, 6) is -0.893. The summed E-state index contributed by atoms with van der Waals surface area (Å²) in [6.45, 7) is 1.88. The maximum atomic E-state index is 13.7. The smallest absolute Gasteiger partial charge is 0.128 e. The van der Waals surface area contributed by atoms with Gasteiger partial charge in [0.05, 0.1) is 4.83 Å². The van der Waals surface area contributed by atoms with E-state index in [0.717, 1.165) is 23.3 Å². The van der Waals surface area contributed by atoms with Crippen molar-refractivity contribution in [1.29, 1.82) is 0 Å². The summed E-state index contributed by atoms with van der Waals surface area (Å²) in [6, 6.07) is 8.76. The van der Waals surface area contributed by atoms with E-state index < -0.39 is 16.5 Å². The second kappa shape index (κ2) is 5.37. The first-order chi connectivity index (χ1) is 8.49. The molecular weight excluding hydrogens is 322 g/mol. The van der Waals surface area contributed by atoms with Crippen molar-refractivity contribution in [2.24, 2.45) is 0 Å². The molecule has 0 saturated carbocycles. The van der Waals surface area contributed by atoms with Crippen LogP contribution >= 0.6 is 27.5 Å². The van der Waals surface area contributed by atoms with E-state index >= 15 is 0 Å². The Labute approximate surface area is 118 Å². The van der Waals surface area contributed by atoms with Crippen LogP contribution in [0.4, 0.5) is 8.78 Å². The number of benzene rings is 2. The second-order valence-corrected chi connectivity index (χ2v) is 5.38. The van der Waals surface area contributed by atoms with Crippen molar-refractivity contribution in [2.45, 2.75) is 11.8 Å². The molecule has 0 bridgehead atoms. The average molecular weight is 332 g/mol. The minimum atomic E-state index is -0.456. The molecule has 0 heterocycles. The molecule has 0 spiro atoms. The van der Waals surface area contributed by atoms with Gasteiger partial charge in [-0.2, -0.15) is 0 Å². The first kappa shape index (κ1) is 13.5. The van der Waals surface area contributed by atoms with Crippen LogP contribution in [-0.2, 0) is 0 Å². The van der Waals surface area contributed by atoms with Crippen molar-refractivity contribution in [3.05, 3.63) is 69.7 Å². The van der Waals surface area contributed by atoms with Gasteiger partial charge in [-0.3, -0.25) is 0 Å². The summed E-state index contributed by atoms with van der Waals surface area (Å²) in [5, 5.41) is 0.621. The second-order valence-electron chi connectivity index (χ2n) is 4.03. The molecule has 1 unspecified atom stereocenters. The molecular formula is C14H10BrClF2. The lowest BCUT2D eigenvalue weighted by atomic mass is 10.00. The third-order valence-electron chi connectivity index (χ3n) is 2.74. The van der Waals surface area contributed by atoms with Gasteiger partial charge in [0.1, 0.15) is 11.6 Å². The summed E-state index contributed by atoms with van der Waals surface area (Å²) in [6.07, 6.45) is 0. The van der Waals surface area contributed by atoms with Crippen molar-refractivity contribution in [2.75, 3.05) is 0 Å². The Bertz CT molecular complexity index is 584. The van der Waals surface area contributed by atoms with E-state index in [2.05, 4.69) is 15.9 Å². The SMILES string of the molecule is Cc1cc(Cl)ccc1C(Br)c1cc(F)ccc1F. The summed E-state index contributed by atoms with van der Waals surface area (Å²) < 4.78 is 26.9. The molecule has 2 rings (SSSR count). The van der Waals surface area contributed by atoms with Gasteiger partial charge >= 0.3 is 0 Å². The standard InChI is InChI=1S/C14H10BrClF2/c1-8-6-9(16)2-4-11(8)14(15)12-7-10(17)3-5-13(12)18/h2-7,14H,1H3. The highest BCUT2D eigenvalue weighted by Crippen LogP contribution is 2.35. The zero-order valence-electron chi connectivity index (χ0n) is 9.55. The number of halogens is 4. The topological polar surface area (TPSA) is 0 Å². The highest BCUT2D eigenvalue weighted by Gasteiger charge is 2.17. The van der Waals surface area contributed by atoms with Crippen molar-refractivity contribution >= 4 is 27.5 Å². The fourth-order valence-electron chi connectivity index (χ4n) is 1.80. The molecule has 0 aromatic heterocycles. The zero-order chi connectivity index (χ0) is 13.3. The van der Waals surface area contributed by atoms with E-state index in [1.54, 1.807) is 18.2 Å². The fraction of sp³-hybridized carbons (Fsp3) is 0.143. The maximum Gasteiger partial charge on any atom is 0.128 e. The predicted octanol–water partition coefficient (Wildman–Crippen LogP) is 5.41. The lowest BCUT2D eigenvalue weighted by molar-refractivity contribution is 0.588. The predicted molar refractivity (Wildman–Crippen MR) is 73.3 cm³/mol. The van der Waals surface area contributed by atoms with Crippen LogP contribution in [0.5, 0.6) is 0 Å². The molecule has 0 N–H and O–H groups in total. The molecule has 18 heavy (non-hydrogen) atoms. The summed E-state index contributed by atoms with van der Waals surface area (Å²) in [4.78, 5) is -0.398. The molecule has 94 valence electrons. The van der Waals surface area contributed by atoms with E-state index in [0.29, 0.717) is 5.02 Å². The van der Waals surface area contributed by atoms with Gasteiger partial charge in [0, 0.05) is 10.6 Å². The summed E-state index contributed by atoms with van der Waals surface area (Å²) >= 11 is 9.28. The van der Waals surface area contributed by atoms with Crippen LogP contribution in [-0.4, -0.2) is 0 Å². The van der Waals surface area contributed by atoms with Crippen molar-refractivity contribution in [3.63, 3.8) is 0 Å². The Hall–Kier alpha value is -0.930. The number of hydrogen-bond donors (Lipinski definition) is 0. The molecule has 4 heteroatoms. The van der Waals surface area contributed by atoms with E-state index in [4.69, 9.17) is 11.6 Å². The Morgan fingerprint density at radius 2 is 1.78 bits per heavy atom. The highest BCUT2D eigenvalue weighted by atomic mass is 79.9. The Morgan fingerprint density at radius 3 is 2.44 bits per heavy atom. The van der Waals surface area contributed by atoms with Gasteiger partial charge in [0.25, 0.3) is 0 Å². The largest absolute Gasteiger partial charge is 0.207 e. The monoisotopic (exact) mass is 330 g/mol. The van der Waals surface area contributed by atoms with Gasteiger partial charge in [-0.1, -0.05) is 33.6 Å². The molecule has 0 aliphatic carbocycles. The molecule has 0 aliphatic rings. The van der Waals surface area contributed by atoms with Crippen LogP contribution in [0.2, 0.25) is 5.02 Å². The Morgan fingerprint density at radius 1 is 1.06 bits per heavy atom. The Kier molecular flexibility index (Phi) is 4.03. The molecule has 0 fully saturated rings. The van der Waals surface area contributed by atoms with Crippen LogP contribution < -0.4 is 0 Å². The lowest BCUT2D eigenvalue weighted by Crippen LogP contribution is -1.99. The minimum Gasteiger partial charge on any atom is -0.207 e. The first-order valence-electron chi connectivity index (χ1n) is 5.34. The minimum absolute atomic E-state index is 0.278. The van der Waals surface area contributed by atoms with Gasteiger partial charge in [0.2, 0.25) is 0 Å². The van der Waals surface area contributed by atoms with Crippen LogP contribution in [0.1, 0.15) is 21.5 Å². The molecule has 2 aromatic rings. The van der Waals surface area contributed by atoms with Crippen LogP contribution in [0.15, 0.2) is 36.4 Å². The Balaban J connectivity index is 2.47. The van der Waals surface area contributed by atoms with Crippen molar-refractivity contribution in [1.82, 2.24) is 0 Å². The highest BCUT2D eigenvalue weighted by molar-refractivity contribution is 9.09. The molecule has 0 amide bonds. The molecule has 0 aliphatic heterocycles. The maximum absolute atomic E-state index is 13.7. The number of aryl methyl sites for hydroxylation is 1. The lowest BCUT2D eigenvalue weighted by Gasteiger charge is -2.14. The molecule has 0 radical (unpaired) electrons. The molecule has 0 saturated heterocycles. The average Bonchev–Trinajstić information content (AvgIpc) is 2.31.